The van der Waals surface area contributed by atoms with Crippen LogP contribution in [-0.2, 0) is 9.59 Å². The number of halogens is 4. The van der Waals surface area contributed by atoms with Gasteiger partial charge in [0.2, 0.25) is 5.91 Å². The molecule has 2 aromatic carbocycles. The molecule has 0 aliphatic heterocycles. The number of ether oxygens (including phenoxy) is 2. The van der Waals surface area contributed by atoms with Gasteiger partial charge in [-0.2, -0.15) is 0 Å². The summed E-state index contributed by atoms with van der Waals surface area (Å²) in [6.45, 7) is -0.0410. The third kappa shape index (κ3) is 7.64. The van der Waals surface area contributed by atoms with Crippen molar-refractivity contribution in [3.8, 4) is 11.5 Å². The molecule has 6 nitrogen and oxygen atoms in total. The van der Waals surface area contributed by atoms with Crippen LogP contribution in [0.1, 0.15) is 12.8 Å². The van der Waals surface area contributed by atoms with Crippen LogP contribution in [0.15, 0.2) is 36.4 Å². The molecule has 0 aromatic heterocycles. The molecule has 0 radical (unpaired) electrons. The standard InChI is InChI=1S/C18H16Cl4N2O4/c19-11-3-5-15(13(21)8-11)27-7-1-2-17(25)23-24-18(26)10-28-16-6-4-12(20)9-14(16)22/h3-6,8-9H,1-2,7,10H2,(H,23,25)(H,24,26). The van der Waals surface area contributed by atoms with Crippen LogP contribution in [0.3, 0.4) is 0 Å². The molecule has 10 heteroatoms. The Balaban J connectivity index is 1.61. The molecule has 0 atom stereocenters. The lowest BCUT2D eigenvalue weighted by Gasteiger charge is -2.10. The van der Waals surface area contributed by atoms with Crippen molar-refractivity contribution in [2.45, 2.75) is 12.8 Å². The third-order valence-corrected chi connectivity index (χ3v) is 4.35. The van der Waals surface area contributed by atoms with Gasteiger partial charge in [0.25, 0.3) is 5.91 Å². The van der Waals surface area contributed by atoms with Crippen molar-refractivity contribution in [2.24, 2.45) is 0 Å². The van der Waals surface area contributed by atoms with Crippen molar-refractivity contribution in [1.82, 2.24) is 10.9 Å². The number of hydrogen-bond acceptors (Lipinski definition) is 4. The second-order valence-electron chi connectivity index (χ2n) is 5.49. The van der Waals surface area contributed by atoms with E-state index in [0.29, 0.717) is 33.0 Å². The van der Waals surface area contributed by atoms with Gasteiger partial charge in [0.1, 0.15) is 11.5 Å². The van der Waals surface area contributed by atoms with Crippen LogP contribution in [-0.4, -0.2) is 25.0 Å². The van der Waals surface area contributed by atoms with Gasteiger partial charge in [-0.1, -0.05) is 46.4 Å². The van der Waals surface area contributed by atoms with E-state index in [1.54, 1.807) is 30.3 Å². The maximum absolute atomic E-state index is 11.7. The van der Waals surface area contributed by atoms with Crippen LogP contribution in [0.5, 0.6) is 11.5 Å². The van der Waals surface area contributed by atoms with Crippen molar-refractivity contribution in [2.75, 3.05) is 13.2 Å². The van der Waals surface area contributed by atoms with Crippen LogP contribution in [0.25, 0.3) is 0 Å². The lowest BCUT2D eigenvalue weighted by Crippen LogP contribution is -2.43. The summed E-state index contributed by atoms with van der Waals surface area (Å²) in [4.78, 5) is 23.4. The fourth-order valence-electron chi connectivity index (χ4n) is 1.98. The molecule has 2 N–H and O–H groups in total. The molecule has 0 fully saturated rings. The lowest BCUT2D eigenvalue weighted by atomic mass is 10.3. The van der Waals surface area contributed by atoms with E-state index < -0.39 is 5.91 Å². The zero-order chi connectivity index (χ0) is 20.5. The van der Waals surface area contributed by atoms with Gasteiger partial charge in [0, 0.05) is 16.5 Å². The highest BCUT2D eigenvalue weighted by Gasteiger charge is 2.08. The van der Waals surface area contributed by atoms with Crippen LogP contribution in [0, 0.1) is 0 Å². The first-order chi connectivity index (χ1) is 13.3. The minimum absolute atomic E-state index is 0.148. The fourth-order valence-corrected chi connectivity index (χ4v) is 2.91. The zero-order valence-electron chi connectivity index (χ0n) is 14.4. The Kier molecular flexibility index (Phi) is 8.99. The van der Waals surface area contributed by atoms with Gasteiger partial charge in [0.15, 0.2) is 6.61 Å². The number of amides is 2. The number of hydrogen-bond donors (Lipinski definition) is 2. The van der Waals surface area contributed by atoms with Crippen molar-refractivity contribution in [3.05, 3.63) is 56.5 Å². The normalized spacial score (nSPS) is 10.3. The number of hydrazine groups is 1. The number of benzene rings is 2. The Labute approximate surface area is 182 Å². The van der Waals surface area contributed by atoms with E-state index in [9.17, 15) is 9.59 Å². The van der Waals surface area contributed by atoms with E-state index in [4.69, 9.17) is 55.9 Å². The van der Waals surface area contributed by atoms with Crippen LogP contribution < -0.4 is 20.3 Å². The zero-order valence-corrected chi connectivity index (χ0v) is 17.5. The molecule has 2 rings (SSSR count). The molecular weight excluding hydrogens is 450 g/mol. The minimum atomic E-state index is -0.538. The average Bonchev–Trinajstić information content (AvgIpc) is 2.64. The largest absolute Gasteiger partial charge is 0.492 e. The first-order valence-corrected chi connectivity index (χ1v) is 9.59. The summed E-state index contributed by atoms with van der Waals surface area (Å²) in [5.74, 6) is -0.115. The van der Waals surface area contributed by atoms with Crippen molar-refractivity contribution in [1.29, 1.82) is 0 Å². The quantitative estimate of drug-likeness (QED) is 0.438. The highest BCUT2D eigenvalue weighted by Crippen LogP contribution is 2.28. The van der Waals surface area contributed by atoms with Crippen LogP contribution in [0.4, 0.5) is 0 Å². The van der Waals surface area contributed by atoms with Gasteiger partial charge in [-0.25, -0.2) is 0 Å². The number of rotatable bonds is 8. The molecular formula is C18H16Cl4N2O4. The summed E-state index contributed by atoms with van der Waals surface area (Å²) in [6.07, 6.45) is 0.576. The maximum Gasteiger partial charge on any atom is 0.276 e. The summed E-state index contributed by atoms with van der Waals surface area (Å²) < 4.78 is 10.7. The predicted molar refractivity (Wildman–Crippen MR) is 109 cm³/mol. The second-order valence-corrected chi connectivity index (χ2v) is 7.17. The van der Waals surface area contributed by atoms with E-state index in [1.165, 1.54) is 6.07 Å². The summed E-state index contributed by atoms with van der Waals surface area (Å²) in [7, 11) is 0. The summed E-state index contributed by atoms with van der Waals surface area (Å²) >= 11 is 23.5. The molecule has 2 aromatic rings. The molecule has 28 heavy (non-hydrogen) atoms. The Morgan fingerprint density at radius 1 is 0.786 bits per heavy atom. The fraction of sp³-hybridized carbons (Fsp3) is 0.222. The smallest absolute Gasteiger partial charge is 0.276 e. The number of nitrogens with one attached hydrogen (secondary N) is 2. The van der Waals surface area contributed by atoms with Crippen LogP contribution >= 0.6 is 46.4 Å². The van der Waals surface area contributed by atoms with Gasteiger partial charge in [0.05, 0.1) is 16.7 Å². The van der Waals surface area contributed by atoms with Gasteiger partial charge in [-0.3, -0.25) is 20.4 Å². The maximum atomic E-state index is 11.7. The van der Waals surface area contributed by atoms with E-state index in [-0.39, 0.29) is 30.6 Å². The summed E-state index contributed by atoms with van der Waals surface area (Å²) in [5, 5.41) is 1.64. The highest BCUT2D eigenvalue weighted by molar-refractivity contribution is 6.36. The van der Waals surface area contributed by atoms with Gasteiger partial charge >= 0.3 is 0 Å². The molecule has 0 saturated heterocycles. The number of carbonyl (C=O) groups excluding carboxylic acids is 2. The summed E-state index contributed by atoms with van der Waals surface area (Å²) in [6, 6.07) is 9.50. The van der Waals surface area contributed by atoms with E-state index in [0.717, 1.165) is 0 Å². The molecule has 0 saturated carbocycles. The molecule has 0 aliphatic rings. The topological polar surface area (TPSA) is 76.7 Å². The Bertz CT molecular complexity index is 848. The van der Waals surface area contributed by atoms with Gasteiger partial charge in [-0.05, 0) is 42.8 Å². The molecule has 0 heterocycles. The van der Waals surface area contributed by atoms with Crippen LogP contribution in [0.2, 0.25) is 20.1 Å². The first-order valence-electron chi connectivity index (χ1n) is 8.08. The monoisotopic (exact) mass is 464 g/mol. The predicted octanol–water partition coefficient (Wildman–Crippen LogP) is 4.69. The Hall–Kier alpha value is -1.86. The molecule has 0 bridgehead atoms. The van der Waals surface area contributed by atoms with Crippen molar-refractivity contribution >= 4 is 58.2 Å². The van der Waals surface area contributed by atoms with E-state index in [2.05, 4.69) is 10.9 Å². The lowest BCUT2D eigenvalue weighted by molar-refractivity contribution is -0.130. The molecule has 2 amide bonds. The highest BCUT2D eigenvalue weighted by atomic mass is 35.5. The summed E-state index contributed by atoms with van der Waals surface area (Å²) in [5.41, 5.74) is 4.54. The Morgan fingerprint density at radius 3 is 1.89 bits per heavy atom. The van der Waals surface area contributed by atoms with E-state index in [1.807, 2.05) is 0 Å². The van der Waals surface area contributed by atoms with Gasteiger partial charge < -0.3 is 9.47 Å². The van der Waals surface area contributed by atoms with E-state index >= 15 is 0 Å². The SMILES string of the molecule is O=C(CCCOc1ccc(Cl)cc1Cl)NNC(=O)COc1ccc(Cl)cc1Cl. The van der Waals surface area contributed by atoms with Crippen molar-refractivity contribution in [3.63, 3.8) is 0 Å². The van der Waals surface area contributed by atoms with Crippen molar-refractivity contribution < 1.29 is 19.1 Å². The minimum Gasteiger partial charge on any atom is -0.492 e. The van der Waals surface area contributed by atoms with Gasteiger partial charge in [-0.15, -0.1) is 0 Å². The molecule has 0 unspecified atom stereocenters. The average molecular weight is 466 g/mol. The molecule has 0 aliphatic carbocycles. The first kappa shape index (κ1) is 22.4. The third-order valence-electron chi connectivity index (χ3n) is 3.29. The molecule has 0 spiro atoms. The Morgan fingerprint density at radius 2 is 1.32 bits per heavy atom. The second kappa shape index (κ2) is 11.2. The number of carbonyl (C=O) groups is 2. The molecule has 150 valence electrons.